The van der Waals surface area contributed by atoms with E-state index >= 15 is 0 Å². The number of nitrogens with one attached hydrogen (secondary N) is 2. The Morgan fingerprint density at radius 1 is 1.23 bits per heavy atom. The molecule has 2 N–H and O–H groups in total. The zero-order valence-electron chi connectivity index (χ0n) is 19.1. The van der Waals surface area contributed by atoms with Gasteiger partial charge in [-0.05, 0) is 40.5 Å². The van der Waals surface area contributed by atoms with Gasteiger partial charge in [-0.25, -0.2) is 0 Å². The number of hydrogen-bond acceptors (Lipinski definition) is 4. The van der Waals surface area contributed by atoms with Crippen LogP contribution in [-0.4, -0.2) is 58.0 Å². The summed E-state index contributed by atoms with van der Waals surface area (Å²) in [4.78, 5) is 41.9. The third-order valence-corrected chi connectivity index (χ3v) is 7.10. The van der Waals surface area contributed by atoms with Crippen LogP contribution in [0.1, 0.15) is 59.8 Å². The van der Waals surface area contributed by atoms with E-state index in [-0.39, 0.29) is 30.3 Å². The third-order valence-electron chi connectivity index (χ3n) is 7.10. The highest BCUT2D eigenvalue weighted by atomic mass is 16.5. The van der Waals surface area contributed by atoms with Crippen LogP contribution in [0.3, 0.4) is 0 Å². The molecule has 1 spiro atoms. The topological polar surface area (TPSA) is 87.7 Å². The van der Waals surface area contributed by atoms with E-state index in [4.69, 9.17) is 4.74 Å². The molecule has 0 aromatic heterocycles. The molecule has 5 atom stereocenters. The van der Waals surface area contributed by atoms with E-state index in [1.807, 2.05) is 39.8 Å². The molecule has 7 nitrogen and oxygen atoms in total. The van der Waals surface area contributed by atoms with Gasteiger partial charge in [0, 0.05) is 18.1 Å². The zero-order chi connectivity index (χ0) is 22.6. The van der Waals surface area contributed by atoms with E-state index in [1.54, 1.807) is 6.08 Å². The maximum Gasteiger partial charge on any atom is 0.246 e. The molecule has 3 fully saturated rings. The summed E-state index contributed by atoms with van der Waals surface area (Å²) in [6, 6.07) is -0.697. The van der Waals surface area contributed by atoms with Crippen LogP contribution in [0.15, 0.2) is 24.8 Å². The van der Waals surface area contributed by atoms with Gasteiger partial charge in [-0.1, -0.05) is 37.5 Å². The summed E-state index contributed by atoms with van der Waals surface area (Å²) in [7, 11) is 0. The molecule has 1 aliphatic carbocycles. The molecule has 0 radical (unpaired) electrons. The number of carbonyl (C=O) groups is 3. The zero-order valence-corrected chi connectivity index (χ0v) is 19.1. The van der Waals surface area contributed by atoms with E-state index in [0.29, 0.717) is 0 Å². The van der Waals surface area contributed by atoms with Gasteiger partial charge in [-0.2, -0.15) is 0 Å². The number of hydrogen-bond donors (Lipinski definition) is 2. The maximum absolute atomic E-state index is 13.6. The van der Waals surface area contributed by atoms with Crippen molar-refractivity contribution in [1.82, 2.24) is 15.5 Å². The van der Waals surface area contributed by atoms with Crippen LogP contribution in [0.4, 0.5) is 0 Å². The second kappa shape index (κ2) is 7.47. The first kappa shape index (κ1) is 22.1. The lowest BCUT2D eigenvalue weighted by atomic mass is 9.70. The van der Waals surface area contributed by atoms with Gasteiger partial charge in [0.2, 0.25) is 17.7 Å². The average molecular weight is 430 g/mol. The number of carbonyl (C=O) groups excluding carboxylic acids is 3. The van der Waals surface area contributed by atoms with Crippen molar-refractivity contribution in [2.45, 2.75) is 88.6 Å². The molecule has 2 bridgehead atoms. The van der Waals surface area contributed by atoms with Gasteiger partial charge in [0.05, 0.1) is 17.4 Å². The molecule has 3 aliphatic heterocycles. The third kappa shape index (κ3) is 3.51. The van der Waals surface area contributed by atoms with Crippen molar-refractivity contribution in [3.8, 4) is 0 Å². The van der Waals surface area contributed by atoms with Gasteiger partial charge in [0.15, 0.2) is 0 Å². The number of ether oxygens (including phenoxy) is 1. The lowest BCUT2D eigenvalue weighted by molar-refractivity contribution is -0.145. The number of likely N-dealkylation sites (tertiary alicyclic amines) is 1. The van der Waals surface area contributed by atoms with Crippen molar-refractivity contribution >= 4 is 17.7 Å². The highest BCUT2D eigenvalue weighted by Gasteiger charge is 2.76. The van der Waals surface area contributed by atoms with Crippen LogP contribution in [0.25, 0.3) is 0 Å². The molecule has 1 saturated carbocycles. The molecule has 170 valence electrons. The highest BCUT2D eigenvalue weighted by molar-refractivity contribution is 6.00. The number of amides is 3. The van der Waals surface area contributed by atoms with E-state index < -0.39 is 34.6 Å². The highest BCUT2D eigenvalue weighted by Crippen LogP contribution is 2.59. The molecule has 31 heavy (non-hydrogen) atoms. The van der Waals surface area contributed by atoms with Gasteiger partial charge >= 0.3 is 0 Å². The second-order valence-electron chi connectivity index (χ2n) is 10.7. The van der Waals surface area contributed by atoms with Gasteiger partial charge in [-0.15, -0.1) is 6.58 Å². The Balaban J connectivity index is 1.68. The summed E-state index contributed by atoms with van der Waals surface area (Å²) >= 11 is 0. The molecular weight excluding hydrogens is 394 g/mol. The minimum Gasteiger partial charge on any atom is -0.356 e. The average Bonchev–Trinajstić information content (AvgIpc) is 3.23. The predicted molar refractivity (Wildman–Crippen MR) is 117 cm³/mol. The molecule has 4 aliphatic rings. The van der Waals surface area contributed by atoms with E-state index in [1.165, 1.54) is 11.3 Å². The Kier molecular flexibility index (Phi) is 5.31. The molecule has 4 rings (SSSR count). The summed E-state index contributed by atoms with van der Waals surface area (Å²) in [5.41, 5.74) is -2.50. The fourth-order valence-electron chi connectivity index (χ4n) is 5.94. The predicted octanol–water partition coefficient (Wildman–Crippen LogP) is 2.08. The standard InChI is InChI=1S/C24H35N3O4/c1-6-14-27-18(20(29)26-22(2,3)4)24-13-12-23(5,31-24)16(17(24)21(27)30)19(28)25-15-10-8-7-9-11-15/h6,12-13,15-18H,1,7-11,14H2,2-5H3,(H,25,28)(H,26,29)/t16-,17+,18+,23-,24+/m1/s1. The minimum absolute atomic E-state index is 0.143. The van der Waals surface area contributed by atoms with Crippen LogP contribution in [0.2, 0.25) is 0 Å². The normalized spacial score (nSPS) is 37.1. The van der Waals surface area contributed by atoms with E-state index in [0.717, 1.165) is 25.7 Å². The van der Waals surface area contributed by atoms with Crippen LogP contribution in [0, 0.1) is 11.8 Å². The fourth-order valence-corrected chi connectivity index (χ4v) is 5.94. The number of rotatable bonds is 5. The van der Waals surface area contributed by atoms with Crippen molar-refractivity contribution in [3.63, 3.8) is 0 Å². The van der Waals surface area contributed by atoms with Gasteiger partial charge in [0.1, 0.15) is 11.6 Å². The van der Waals surface area contributed by atoms with Crippen molar-refractivity contribution in [1.29, 1.82) is 0 Å². The summed E-state index contributed by atoms with van der Waals surface area (Å²) in [5.74, 6) is -2.01. The number of nitrogens with zero attached hydrogens (tertiary/aromatic N) is 1. The Labute approximate surface area is 184 Å². The Morgan fingerprint density at radius 3 is 2.52 bits per heavy atom. The largest absolute Gasteiger partial charge is 0.356 e. The van der Waals surface area contributed by atoms with Crippen LogP contribution >= 0.6 is 0 Å². The van der Waals surface area contributed by atoms with Crippen LogP contribution in [-0.2, 0) is 19.1 Å². The molecule has 3 heterocycles. The molecule has 3 amide bonds. The van der Waals surface area contributed by atoms with Crippen molar-refractivity contribution in [2.24, 2.45) is 11.8 Å². The Bertz CT molecular complexity index is 825. The maximum atomic E-state index is 13.6. The molecule has 2 saturated heterocycles. The SMILES string of the molecule is C=CCN1C(=O)[C@@H]2[C@H](C(=O)NC3CCCCC3)[C@@]3(C)C=C[C@@]2(O3)[C@@H]1C(=O)NC(C)(C)C. The molecule has 0 aromatic carbocycles. The molecule has 7 heteroatoms. The molecule has 0 unspecified atom stereocenters. The fraction of sp³-hybridized carbons (Fsp3) is 0.708. The second-order valence-corrected chi connectivity index (χ2v) is 10.7. The van der Waals surface area contributed by atoms with Crippen LogP contribution in [0.5, 0.6) is 0 Å². The van der Waals surface area contributed by atoms with Crippen molar-refractivity contribution in [2.75, 3.05) is 6.54 Å². The van der Waals surface area contributed by atoms with Crippen molar-refractivity contribution in [3.05, 3.63) is 24.8 Å². The Hall–Kier alpha value is -2.15. The smallest absolute Gasteiger partial charge is 0.246 e. The monoisotopic (exact) mass is 429 g/mol. The molecule has 0 aromatic rings. The molecular formula is C24H35N3O4. The van der Waals surface area contributed by atoms with E-state index in [2.05, 4.69) is 17.2 Å². The first-order chi connectivity index (χ1) is 14.5. The lowest BCUT2D eigenvalue weighted by Gasteiger charge is -2.34. The van der Waals surface area contributed by atoms with Gasteiger partial charge in [0.25, 0.3) is 0 Å². The minimum atomic E-state index is -1.14. The van der Waals surface area contributed by atoms with Crippen LogP contribution < -0.4 is 10.6 Å². The van der Waals surface area contributed by atoms with Crippen molar-refractivity contribution < 1.29 is 19.1 Å². The lowest BCUT2D eigenvalue weighted by Crippen LogP contribution is -2.58. The number of fused-ring (bicyclic) bond motifs is 1. The first-order valence-electron chi connectivity index (χ1n) is 11.5. The summed E-state index contributed by atoms with van der Waals surface area (Å²) in [6.45, 7) is 11.5. The summed E-state index contributed by atoms with van der Waals surface area (Å²) in [5, 5.41) is 6.19. The quantitative estimate of drug-likeness (QED) is 0.655. The van der Waals surface area contributed by atoms with E-state index in [9.17, 15) is 14.4 Å². The van der Waals surface area contributed by atoms with Gasteiger partial charge in [-0.3, -0.25) is 14.4 Å². The summed E-state index contributed by atoms with van der Waals surface area (Å²) < 4.78 is 6.46. The Morgan fingerprint density at radius 2 is 1.90 bits per heavy atom. The van der Waals surface area contributed by atoms with Gasteiger partial charge < -0.3 is 20.3 Å². The summed E-state index contributed by atoms with van der Waals surface area (Å²) in [6.07, 6.45) is 10.7. The first-order valence-corrected chi connectivity index (χ1v) is 11.5.